The normalized spacial score (nSPS) is 24.9. The average molecular weight is 437 g/mol. The molecule has 1 fully saturated rings. The maximum atomic E-state index is 13.8. The highest BCUT2D eigenvalue weighted by atomic mass is 35.5. The Labute approximate surface area is 184 Å². The zero-order valence-electron chi connectivity index (χ0n) is 17.1. The molecule has 2 aliphatic rings. The zero-order chi connectivity index (χ0) is 21.8. The van der Waals surface area contributed by atoms with Gasteiger partial charge in [0.05, 0.1) is 19.3 Å². The van der Waals surface area contributed by atoms with Crippen molar-refractivity contribution in [2.75, 3.05) is 26.0 Å². The molecular formula is C24H21ClN2O4. The Kier molecular flexibility index (Phi) is 4.64. The van der Waals surface area contributed by atoms with Crippen LogP contribution in [0.2, 0.25) is 5.02 Å². The van der Waals surface area contributed by atoms with Gasteiger partial charge in [-0.05, 0) is 55.1 Å². The number of carbonyl (C=O) groups excluding carboxylic acids is 2. The number of Topliss-reactive ketones (excluding diaryl/α,β-unsaturated/α-hetero) is 1. The molecule has 31 heavy (non-hydrogen) atoms. The van der Waals surface area contributed by atoms with Gasteiger partial charge in [-0.25, -0.2) is 0 Å². The van der Waals surface area contributed by atoms with Crippen molar-refractivity contribution in [1.82, 2.24) is 4.90 Å². The molecule has 3 aromatic rings. The first kappa shape index (κ1) is 19.8. The van der Waals surface area contributed by atoms with Gasteiger partial charge >= 0.3 is 0 Å². The van der Waals surface area contributed by atoms with Crippen molar-refractivity contribution in [2.45, 2.75) is 11.5 Å². The Morgan fingerprint density at radius 3 is 2.68 bits per heavy atom. The number of ether oxygens (including phenoxy) is 1. The number of ketones is 1. The van der Waals surface area contributed by atoms with Gasteiger partial charge in [0, 0.05) is 28.7 Å². The van der Waals surface area contributed by atoms with Gasteiger partial charge in [-0.15, -0.1) is 0 Å². The van der Waals surface area contributed by atoms with Crippen LogP contribution in [0.25, 0.3) is 0 Å². The third-order valence-electron chi connectivity index (χ3n) is 6.50. The Hall–Kier alpha value is -3.09. The summed E-state index contributed by atoms with van der Waals surface area (Å²) in [7, 11) is 3.46. The smallest absolute Gasteiger partial charge is 0.250 e. The Morgan fingerprint density at radius 1 is 1.23 bits per heavy atom. The molecule has 1 saturated heterocycles. The molecule has 3 heterocycles. The highest BCUT2D eigenvalue weighted by molar-refractivity contribution is 6.30. The molecule has 7 heteroatoms. The number of rotatable bonds is 4. The van der Waals surface area contributed by atoms with Gasteiger partial charge in [0.15, 0.2) is 5.76 Å². The molecule has 1 spiro atoms. The summed E-state index contributed by atoms with van der Waals surface area (Å²) >= 11 is 6.10. The minimum Gasteiger partial charge on any atom is -0.497 e. The molecule has 0 unspecified atom stereocenters. The van der Waals surface area contributed by atoms with Crippen LogP contribution in [0.4, 0.5) is 5.69 Å². The second-order valence-corrected chi connectivity index (χ2v) is 8.43. The van der Waals surface area contributed by atoms with Gasteiger partial charge in [0.25, 0.3) is 0 Å². The second kappa shape index (κ2) is 7.25. The number of amides is 1. The molecule has 1 aromatic heterocycles. The van der Waals surface area contributed by atoms with E-state index in [4.69, 9.17) is 20.8 Å². The Bertz CT molecular complexity index is 1160. The summed E-state index contributed by atoms with van der Waals surface area (Å²) in [5, 5.41) is 3.60. The molecular weight excluding hydrogens is 416 g/mol. The fourth-order valence-corrected chi connectivity index (χ4v) is 5.25. The lowest BCUT2D eigenvalue weighted by Gasteiger charge is -2.35. The van der Waals surface area contributed by atoms with E-state index in [9.17, 15) is 9.59 Å². The van der Waals surface area contributed by atoms with Gasteiger partial charge in [-0.3, -0.25) is 14.5 Å². The lowest BCUT2D eigenvalue weighted by Crippen LogP contribution is -2.51. The van der Waals surface area contributed by atoms with E-state index < -0.39 is 11.5 Å². The summed E-state index contributed by atoms with van der Waals surface area (Å²) in [5.41, 5.74) is 1.19. The van der Waals surface area contributed by atoms with Crippen LogP contribution in [0.15, 0.2) is 65.3 Å². The summed E-state index contributed by atoms with van der Waals surface area (Å²) in [6.45, 7) is 0.517. The summed E-state index contributed by atoms with van der Waals surface area (Å²) in [6, 6.07) is 16.2. The van der Waals surface area contributed by atoms with E-state index in [1.165, 1.54) is 6.26 Å². The number of anilines is 1. The zero-order valence-corrected chi connectivity index (χ0v) is 17.8. The SMILES string of the molecule is COc1ccc2c(c1)[C@]1(C(=O)N2)[C@@H](C(=O)c2ccco2)[C@H](c2ccc(Cl)cc2)CN1C. The number of halogens is 1. The first-order chi connectivity index (χ1) is 15.0. The summed E-state index contributed by atoms with van der Waals surface area (Å²) in [6.07, 6.45) is 1.47. The highest BCUT2D eigenvalue weighted by Crippen LogP contribution is 2.56. The van der Waals surface area contributed by atoms with E-state index in [0.717, 1.165) is 11.1 Å². The predicted molar refractivity (Wildman–Crippen MR) is 117 cm³/mol. The Morgan fingerprint density at radius 2 is 2.00 bits per heavy atom. The van der Waals surface area contributed by atoms with Crippen molar-refractivity contribution in [3.05, 3.63) is 82.8 Å². The van der Waals surface area contributed by atoms with Gasteiger partial charge in [-0.2, -0.15) is 0 Å². The fourth-order valence-electron chi connectivity index (χ4n) is 5.13. The van der Waals surface area contributed by atoms with E-state index in [0.29, 0.717) is 23.0 Å². The Balaban J connectivity index is 1.73. The number of methoxy groups -OCH3 is 1. The van der Waals surface area contributed by atoms with Crippen molar-refractivity contribution >= 4 is 29.0 Å². The van der Waals surface area contributed by atoms with Crippen LogP contribution in [0, 0.1) is 5.92 Å². The molecule has 158 valence electrons. The molecule has 0 bridgehead atoms. The fraction of sp³-hybridized carbons (Fsp3) is 0.250. The first-order valence-corrected chi connectivity index (χ1v) is 10.4. The number of hydrogen-bond donors (Lipinski definition) is 1. The number of furan rings is 1. The van der Waals surface area contributed by atoms with Gasteiger partial charge in [0.1, 0.15) is 11.3 Å². The molecule has 2 aliphatic heterocycles. The topological polar surface area (TPSA) is 71.8 Å². The largest absolute Gasteiger partial charge is 0.497 e. The van der Waals surface area contributed by atoms with Crippen molar-refractivity contribution < 1.29 is 18.7 Å². The third-order valence-corrected chi connectivity index (χ3v) is 6.75. The molecule has 0 aliphatic carbocycles. The highest BCUT2D eigenvalue weighted by Gasteiger charge is 2.64. The molecule has 5 rings (SSSR count). The van der Waals surface area contributed by atoms with Crippen LogP contribution in [0.5, 0.6) is 5.75 Å². The summed E-state index contributed by atoms with van der Waals surface area (Å²) < 4.78 is 10.9. The minimum atomic E-state index is -1.18. The summed E-state index contributed by atoms with van der Waals surface area (Å²) in [5.74, 6) is -0.495. The van der Waals surface area contributed by atoms with E-state index >= 15 is 0 Å². The maximum absolute atomic E-state index is 13.8. The minimum absolute atomic E-state index is 0.208. The number of likely N-dealkylation sites (tertiary alicyclic amines) is 1. The number of likely N-dealkylation sites (N-methyl/N-ethyl adjacent to an activating group) is 1. The number of carbonyl (C=O) groups is 2. The molecule has 1 N–H and O–H groups in total. The van der Waals surface area contributed by atoms with Crippen LogP contribution >= 0.6 is 11.6 Å². The average Bonchev–Trinajstić information content (AvgIpc) is 3.47. The monoisotopic (exact) mass is 436 g/mol. The molecule has 1 amide bonds. The molecule has 3 atom stereocenters. The quantitative estimate of drug-likeness (QED) is 0.617. The van der Waals surface area contributed by atoms with Crippen LogP contribution < -0.4 is 10.1 Å². The summed E-state index contributed by atoms with van der Waals surface area (Å²) in [4.78, 5) is 29.4. The van der Waals surface area contributed by atoms with Gasteiger partial charge in [0.2, 0.25) is 11.7 Å². The van der Waals surface area contributed by atoms with Crippen molar-refractivity contribution in [3.63, 3.8) is 0 Å². The number of nitrogens with zero attached hydrogens (tertiary/aromatic N) is 1. The number of benzene rings is 2. The van der Waals surface area contributed by atoms with Crippen molar-refractivity contribution in [2.24, 2.45) is 5.92 Å². The first-order valence-electron chi connectivity index (χ1n) is 10.0. The molecule has 6 nitrogen and oxygen atoms in total. The lowest BCUT2D eigenvalue weighted by molar-refractivity contribution is -0.126. The van der Waals surface area contributed by atoms with E-state index in [1.807, 2.05) is 48.3 Å². The predicted octanol–water partition coefficient (Wildman–Crippen LogP) is 4.32. The van der Waals surface area contributed by atoms with Crippen LogP contribution in [0.1, 0.15) is 27.6 Å². The van der Waals surface area contributed by atoms with Crippen molar-refractivity contribution in [3.8, 4) is 5.75 Å². The molecule has 0 radical (unpaired) electrons. The van der Waals surface area contributed by atoms with Crippen LogP contribution in [-0.2, 0) is 10.3 Å². The second-order valence-electron chi connectivity index (χ2n) is 7.99. The third kappa shape index (κ3) is 2.82. The van der Waals surface area contributed by atoms with E-state index in [2.05, 4.69) is 5.32 Å². The van der Waals surface area contributed by atoms with Crippen molar-refractivity contribution in [1.29, 1.82) is 0 Å². The number of fused-ring (bicyclic) bond motifs is 2. The van der Waals surface area contributed by atoms with Crippen LogP contribution in [0.3, 0.4) is 0 Å². The van der Waals surface area contributed by atoms with Gasteiger partial charge in [-0.1, -0.05) is 23.7 Å². The van der Waals surface area contributed by atoms with Crippen LogP contribution in [-0.4, -0.2) is 37.3 Å². The molecule has 0 saturated carbocycles. The number of nitrogens with one attached hydrogen (secondary N) is 1. The standard InChI is InChI=1S/C24H21ClN2O4/c1-27-13-17(14-5-7-15(25)8-6-14)21(22(28)20-4-3-11-31-20)24(27)18-12-16(30-2)9-10-19(18)26-23(24)29/h3-12,17,21H,13H2,1-2H3,(H,26,29)/t17-,21+,24+/m0/s1. The maximum Gasteiger partial charge on any atom is 0.250 e. The lowest BCUT2D eigenvalue weighted by atomic mass is 9.71. The van der Waals surface area contributed by atoms with E-state index in [-0.39, 0.29) is 23.4 Å². The van der Waals surface area contributed by atoms with Gasteiger partial charge < -0.3 is 14.5 Å². The number of hydrogen-bond acceptors (Lipinski definition) is 5. The van der Waals surface area contributed by atoms with E-state index in [1.54, 1.807) is 25.3 Å². The molecule has 2 aromatic carbocycles.